The maximum absolute atomic E-state index is 13.4. The van der Waals surface area contributed by atoms with Crippen molar-refractivity contribution in [1.29, 1.82) is 0 Å². The van der Waals surface area contributed by atoms with Crippen molar-refractivity contribution in [2.24, 2.45) is 0 Å². The van der Waals surface area contributed by atoms with Crippen LogP contribution in [-0.2, 0) is 6.54 Å². The minimum Gasteiger partial charge on any atom is -0.362 e. The van der Waals surface area contributed by atoms with E-state index in [1.165, 1.54) is 24.5 Å². The molecule has 0 aliphatic heterocycles. The second kappa shape index (κ2) is 9.19. The Balaban J connectivity index is 1.55. The van der Waals surface area contributed by atoms with Gasteiger partial charge in [-0.05, 0) is 30.5 Å². The summed E-state index contributed by atoms with van der Waals surface area (Å²) in [6.07, 6.45) is 3.21. The molecule has 164 valence electrons. The summed E-state index contributed by atoms with van der Waals surface area (Å²) in [6, 6.07) is 11.3. The highest BCUT2D eigenvalue weighted by atomic mass is 35.5. The number of amides is 2. The minimum absolute atomic E-state index is 0.0536. The molecule has 0 aliphatic rings. The van der Waals surface area contributed by atoms with Crippen LogP contribution >= 0.6 is 11.6 Å². The summed E-state index contributed by atoms with van der Waals surface area (Å²) in [7, 11) is 1.69. The number of rotatable bonds is 6. The van der Waals surface area contributed by atoms with Crippen molar-refractivity contribution in [3.63, 3.8) is 0 Å². The summed E-state index contributed by atoms with van der Waals surface area (Å²) < 4.78 is 13.4. The number of carbonyl (C=O) groups excluding carboxylic acids is 1. The lowest BCUT2D eigenvalue weighted by Gasteiger charge is -2.27. The van der Waals surface area contributed by atoms with Crippen LogP contribution in [0.3, 0.4) is 0 Å². The molecule has 4 aromatic rings. The van der Waals surface area contributed by atoms with E-state index >= 15 is 0 Å². The number of nitrogens with one attached hydrogen (secondary N) is 3. The smallest absolute Gasteiger partial charge is 0.322 e. The molecule has 2 amide bonds. The lowest BCUT2D eigenvalue weighted by atomic mass is 10.0. The zero-order valence-corrected chi connectivity index (χ0v) is 18.2. The zero-order chi connectivity index (χ0) is 22.7. The number of aromatic nitrogens is 4. The van der Waals surface area contributed by atoms with Crippen molar-refractivity contribution in [3.8, 4) is 0 Å². The third kappa shape index (κ3) is 4.47. The van der Waals surface area contributed by atoms with E-state index in [0.717, 1.165) is 16.3 Å². The number of fused-ring (bicyclic) bond motifs is 1. The summed E-state index contributed by atoms with van der Waals surface area (Å²) in [5.74, 6) is 0.868. The van der Waals surface area contributed by atoms with E-state index in [-0.39, 0.29) is 17.1 Å². The number of pyridine rings is 1. The van der Waals surface area contributed by atoms with E-state index in [4.69, 9.17) is 11.6 Å². The number of anilines is 2. The predicted octanol–water partition coefficient (Wildman–Crippen LogP) is 4.98. The van der Waals surface area contributed by atoms with Gasteiger partial charge in [0.1, 0.15) is 23.8 Å². The molecule has 4 rings (SSSR count). The second-order valence-corrected chi connectivity index (χ2v) is 7.65. The van der Waals surface area contributed by atoms with Gasteiger partial charge < -0.3 is 15.5 Å². The van der Waals surface area contributed by atoms with E-state index in [0.29, 0.717) is 23.9 Å². The molecule has 10 heteroatoms. The second-order valence-electron chi connectivity index (χ2n) is 7.24. The Morgan fingerprint density at radius 2 is 2.00 bits per heavy atom. The first-order valence-corrected chi connectivity index (χ1v) is 10.3. The normalized spacial score (nSPS) is 11.9. The molecular formula is C22H21ClFN7O. The maximum atomic E-state index is 13.4. The lowest BCUT2D eigenvalue weighted by molar-refractivity contribution is 0.208. The third-order valence-electron chi connectivity index (χ3n) is 5.24. The van der Waals surface area contributed by atoms with E-state index in [1.807, 2.05) is 31.2 Å². The van der Waals surface area contributed by atoms with Gasteiger partial charge in [0.2, 0.25) is 0 Å². The Hall–Kier alpha value is -3.72. The highest BCUT2D eigenvalue weighted by molar-refractivity contribution is 6.31. The first-order valence-electron chi connectivity index (χ1n) is 9.88. The number of urea groups is 1. The fourth-order valence-electron chi connectivity index (χ4n) is 3.34. The molecule has 0 saturated heterocycles. The molecule has 0 radical (unpaired) electrons. The number of hydrogen-bond acceptors (Lipinski definition) is 5. The van der Waals surface area contributed by atoms with E-state index in [1.54, 1.807) is 18.1 Å². The van der Waals surface area contributed by atoms with Crippen LogP contribution in [0.4, 0.5) is 20.7 Å². The van der Waals surface area contributed by atoms with Crippen molar-refractivity contribution in [1.82, 2.24) is 25.1 Å². The van der Waals surface area contributed by atoms with Gasteiger partial charge in [0.25, 0.3) is 0 Å². The van der Waals surface area contributed by atoms with Crippen LogP contribution in [0.25, 0.3) is 10.8 Å². The first-order chi connectivity index (χ1) is 15.4. The average Bonchev–Trinajstić information content (AvgIpc) is 3.32. The van der Waals surface area contributed by atoms with E-state index in [9.17, 15) is 9.18 Å². The number of H-pyrrole nitrogens is 1. The zero-order valence-electron chi connectivity index (χ0n) is 17.4. The molecule has 0 aliphatic carbocycles. The number of benzene rings is 2. The van der Waals surface area contributed by atoms with Crippen LogP contribution in [0, 0.1) is 5.82 Å². The van der Waals surface area contributed by atoms with Gasteiger partial charge in [-0.2, -0.15) is 5.10 Å². The largest absolute Gasteiger partial charge is 0.362 e. The molecular weight excluding hydrogens is 433 g/mol. The van der Waals surface area contributed by atoms with Crippen LogP contribution in [0.1, 0.15) is 24.4 Å². The van der Waals surface area contributed by atoms with Crippen molar-refractivity contribution in [3.05, 3.63) is 77.2 Å². The van der Waals surface area contributed by atoms with Crippen LogP contribution < -0.4 is 10.6 Å². The van der Waals surface area contributed by atoms with Crippen LogP contribution in [0.2, 0.25) is 5.02 Å². The lowest BCUT2D eigenvalue weighted by Crippen LogP contribution is -2.33. The fraction of sp³-hybridized carbons (Fsp3) is 0.182. The summed E-state index contributed by atoms with van der Waals surface area (Å²) in [6.45, 7) is 2.37. The van der Waals surface area contributed by atoms with Gasteiger partial charge in [-0.3, -0.25) is 5.10 Å². The van der Waals surface area contributed by atoms with Gasteiger partial charge in [-0.25, -0.2) is 19.2 Å². The number of halogens is 2. The molecule has 0 fully saturated rings. The molecule has 0 saturated carbocycles. The van der Waals surface area contributed by atoms with Gasteiger partial charge >= 0.3 is 6.03 Å². The molecule has 3 N–H and O–H groups in total. The topological polar surface area (TPSA) is 98.8 Å². The number of nitrogens with zero attached hydrogens (tertiary/aromatic N) is 4. The van der Waals surface area contributed by atoms with Crippen molar-refractivity contribution in [2.75, 3.05) is 17.7 Å². The monoisotopic (exact) mass is 453 g/mol. The number of carbonyl (C=O) groups is 1. The van der Waals surface area contributed by atoms with Gasteiger partial charge in [0.15, 0.2) is 0 Å². The quantitative estimate of drug-likeness (QED) is 0.382. The molecule has 0 spiro atoms. The van der Waals surface area contributed by atoms with Crippen LogP contribution in [-0.4, -0.2) is 38.1 Å². The molecule has 32 heavy (non-hydrogen) atoms. The number of hydrogen-bond donors (Lipinski definition) is 3. The Kier molecular flexibility index (Phi) is 6.18. The van der Waals surface area contributed by atoms with E-state index < -0.39 is 5.82 Å². The molecule has 1 atom stereocenters. The van der Waals surface area contributed by atoms with Crippen LogP contribution in [0.15, 0.2) is 55.0 Å². The van der Waals surface area contributed by atoms with Gasteiger partial charge in [0, 0.05) is 29.9 Å². The third-order valence-corrected chi connectivity index (χ3v) is 5.53. The molecule has 8 nitrogen and oxygen atoms in total. The molecule has 2 aromatic carbocycles. The Morgan fingerprint density at radius 1 is 1.22 bits per heavy atom. The highest BCUT2D eigenvalue weighted by Gasteiger charge is 2.21. The maximum Gasteiger partial charge on any atom is 0.322 e. The SMILES string of the molecule is C[C@@H](c1cnc(NCc2ncn[nH]2)c2ccccc12)N(C)C(=O)Nc1ccc(F)c(Cl)c1. The Morgan fingerprint density at radius 3 is 2.72 bits per heavy atom. The van der Waals surface area contributed by atoms with Gasteiger partial charge in [-0.1, -0.05) is 35.9 Å². The summed E-state index contributed by atoms with van der Waals surface area (Å²) in [5, 5.41) is 14.5. The first kappa shape index (κ1) is 21.5. The van der Waals surface area contributed by atoms with Gasteiger partial charge in [-0.15, -0.1) is 0 Å². The van der Waals surface area contributed by atoms with E-state index in [2.05, 4.69) is 30.8 Å². The van der Waals surface area contributed by atoms with Crippen molar-refractivity contribution in [2.45, 2.75) is 19.5 Å². The van der Waals surface area contributed by atoms with Crippen LogP contribution in [0.5, 0.6) is 0 Å². The standard InChI is InChI=1S/C22H21ClFN7O/c1-13(31(2)22(32)29-14-7-8-19(24)18(23)9-14)17-10-25-21(16-6-4-3-5-15(16)17)26-11-20-27-12-28-30-20/h3-10,12-13H,11H2,1-2H3,(H,25,26)(H,29,32)(H,27,28,30)/t13-/m0/s1. The summed E-state index contributed by atoms with van der Waals surface area (Å²) in [4.78, 5) is 23.0. The van der Waals surface area contributed by atoms with Crippen molar-refractivity contribution < 1.29 is 9.18 Å². The average molecular weight is 454 g/mol. The number of aromatic amines is 1. The van der Waals surface area contributed by atoms with Crippen molar-refractivity contribution >= 4 is 39.9 Å². The molecule has 0 bridgehead atoms. The Labute approximate surface area is 188 Å². The fourth-order valence-corrected chi connectivity index (χ4v) is 3.52. The summed E-state index contributed by atoms with van der Waals surface area (Å²) >= 11 is 5.81. The van der Waals surface area contributed by atoms with Gasteiger partial charge in [0.05, 0.1) is 17.6 Å². The molecule has 2 heterocycles. The Bertz CT molecular complexity index is 1250. The summed E-state index contributed by atoms with van der Waals surface area (Å²) in [5.41, 5.74) is 1.30. The predicted molar refractivity (Wildman–Crippen MR) is 122 cm³/mol. The molecule has 0 unspecified atom stereocenters. The molecule has 2 aromatic heterocycles. The minimum atomic E-state index is -0.541. The highest BCUT2D eigenvalue weighted by Crippen LogP contribution is 2.31.